The highest BCUT2D eigenvalue weighted by Gasteiger charge is 2.67. The Morgan fingerprint density at radius 2 is 1.76 bits per heavy atom. The Balaban J connectivity index is 1.86. The maximum atomic E-state index is 11.1. The average Bonchev–Trinajstić information content (AvgIpc) is 3.25. The van der Waals surface area contributed by atoms with Gasteiger partial charge >= 0.3 is 0 Å². The van der Waals surface area contributed by atoms with Gasteiger partial charge in [-0.3, -0.25) is 0 Å². The molecule has 0 saturated carbocycles. The molecule has 0 bridgehead atoms. The minimum absolute atomic E-state index is 0.251. The van der Waals surface area contributed by atoms with Crippen LogP contribution in [0.25, 0.3) is 0 Å². The zero-order chi connectivity index (χ0) is 21.6. The molecular formula is C17H31NO11. The number of ether oxygens (including phenoxy) is 3. The molecule has 12 heteroatoms. The Bertz CT molecular complexity index is 563. The number of aliphatic hydroxyl groups excluding tert-OH is 6. The molecule has 3 fully saturated rings. The first-order chi connectivity index (χ1) is 13.6. The van der Waals surface area contributed by atoms with Crippen LogP contribution in [0.3, 0.4) is 0 Å². The molecule has 170 valence electrons. The molecule has 1 unspecified atom stereocenters. The van der Waals surface area contributed by atoms with Crippen molar-refractivity contribution in [3.05, 3.63) is 0 Å². The van der Waals surface area contributed by atoms with E-state index < -0.39 is 79.5 Å². The van der Waals surface area contributed by atoms with Gasteiger partial charge in [-0.1, -0.05) is 0 Å². The topological polar surface area (TPSA) is 202 Å². The highest BCUT2D eigenvalue weighted by atomic mass is 16.7. The molecule has 0 aromatic carbocycles. The number of aliphatic hydroxyl groups is 8. The number of hydrogen-bond acceptors (Lipinski definition) is 12. The molecule has 3 rings (SSSR count). The summed E-state index contributed by atoms with van der Waals surface area (Å²) in [6.45, 7) is 0.405. The van der Waals surface area contributed by atoms with E-state index in [9.17, 15) is 40.9 Å². The molecule has 0 aromatic rings. The van der Waals surface area contributed by atoms with Crippen molar-refractivity contribution in [1.29, 1.82) is 0 Å². The zero-order valence-corrected chi connectivity index (χ0v) is 16.0. The number of hydrogen-bond donors (Lipinski definition) is 9. The van der Waals surface area contributed by atoms with Gasteiger partial charge in [0.15, 0.2) is 11.9 Å². The van der Waals surface area contributed by atoms with E-state index in [4.69, 9.17) is 14.2 Å². The Morgan fingerprint density at radius 1 is 1.07 bits per heavy atom. The van der Waals surface area contributed by atoms with Crippen molar-refractivity contribution >= 4 is 0 Å². The molecule has 0 amide bonds. The van der Waals surface area contributed by atoms with Crippen LogP contribution in [0.2, 0.25) is 0 Å². The lowest BCUT2D eigenvalue weighted by Gasteiger charge is -2.56. The Hall–Kier alpha value is -0.480. The van der Waals surface area contributed by atoms with Gasteiger partial charge in [0.05, 0.1) is 19.3 Å². The predicted molar refractivity (Wildman–Crippen MR) is 93.2 cm³/mol. The van der Waals surface area contributed by atoms with Gasteiger partial charge in [0.1, 0.15) is 36.6 Å². The van der Waals surface area contributed by atoms with Gasteiger partial charge in [-0.05, 0) is 19.9 Å². The molecule has 0 aromatic heterocycles. The average molecular weight is 425 g/mol. The van der Waals surface area contributed by atoms with E-state index in [0.29, 0.717) is 13.0 Å². The van der Waals surface area contributed by atoms with Crippen LogP contribution >= 0.6 is 0 Å². The second-order valence-electron chi connectivity index (χ2n) is 8.03. The number of nitrogens with one attached hydrogen (secondary N) is 1. The standard InChI is InChI=1S/C17H31NO11/c1-7-10(21)11(22)12(23)15(27-7)28-13-9(5-19)29-17(26,8-2-3-18-4-8)16(25,6-20)14(13)24/h7-15,18-26H,2-6H2,1H3/t7-,8?,9-,10-,11+,12-,13-,14+,15+,16-,17+/m1/s1. The van der Waals surface area contributed by atoms with Crippen LogP contribution in [0.15, 0.2) is 0 Å². The van der Waals surface area contributed by atoms with Crippen molar-refractivity contribution in [3.63, 3.8) is 0 Å². The van der Waals surface area contributed by atoms with Gasteiger partial charge in [0, 0.05) is 12.5 Å². The van der Waals surface area contributed by atoms with Crippen molar-refractivity contribution in [3.8, 4) is 0 Å². The first-order valence-corrected chi connectivity index (χ1v) is 9.69. The maximum Gasteiger partial charge on any atom is 0.204 e. The van der Waals surface area contributed by atoms with Crippen LogP contribution in [0.5, 0.6) is 0 Å². The van der Waals surface area contributed by atoms with Gasteiger partial charge in [0.25, 0.3) is 0 Å². The third-order valence-electron chi connectivity index (χ3n) is 6.25. The molecule has 9 N–H and O–H groups in total. The highest BCUT2D eigenvalue weighted by molar-refractivity contribution is 5.11. The summed E-state index contributed by atoms with van der Waals surface area (Å²) >= 11 is 0. The van der Waals surface area contributed by atoms with Gasteiger partial charge in [-0.15, -0.1) is 0 Å². The molecular weight excluding hydrogens is 394 g/mol. The van der Waals surface area contributed by atoms with Crippen molar-refractivity contribution in [1.82, 2.24) is 5.32 Å². The molecule has 0 aliphatic carbocycles. The molecule has 0 spiro atoms. The summed E-state index contributed by atoms with van der Waals surface area (Å²) in [5.74, 6) is -3.06. The van der Waals surface area contributed by atoms with Crippen molar-refractivity contribution in [2.75, 3.05) is 26.3 Å². The lowest BCUT2D eigenvalue weighted by molar-refractivity contribution is -0.426. The maximum absolute atomic E-state index is 11.1. The van der Waals surface area contributed by atoms with Gasteiger partial charge < -0.3 is 60.4 Å². The first kappa shape index (κ1) is 23.2. The first-order valence-electron chi connectivity index (χ1n) is 9.69. The van der Waals surface area contributed by atoms with Crippen LogP contribution in [0.4, 0.5) is 0 Å². The predicted octanol–water partition coefficient (Wildman–Crippen LogP) is -5.03. The fraction of sp³-hybridized carbons (Fsp3) is 1.00. The monoisotopic (exact) mass is 425 g/mol. The van der Waals surface area contributed by atoms with E-state index in [1.807, 2.05) is 0 Å². The van der Waals surface area contributed by atoms with Crippen LogP contribution in [-0.4, -0.2) is 128 Å². The molecule has 12 nitrogen and oxygen atoms in total. The lowest BCUT2D eigenvalue weighted by Crippen LogP contribution is -2.77. The van der Waals surface area contributed by atoms with Crippen LogP contribution in [0.1, 0.15) is 13.3 Å². The van der Waals surface area contributed by atoms with E-state index in [0.717, 1.165) is 0 Å². The summed E-state index contributed by atoms with van der Waals surface area (Å²) in [7, 11) is 0. The minimum atomic E-state index is -2.57. The van der Waals surface area contributed by atoms with Crippen molar-refractivity contribution in [2.45, 2.75) is 73.8 Å². The van der Waals surface area contributed by atoms with Crippen LogP contribution in [0, 0.1) is 5.92 Å². The normalized spacial score (nSPS) is 53.9. The Labute approximate surface area is 167 Å². The summed E-state index contributed by atoms with van der Waals surface area (Å²) in [5.41, 5.74) is -2.57. The fourth-order valence-corrected chi connectivity index (χ4v) is 4.32. The molecule has 11 atom stereocenters. The SMILES string of the molecule is C[C@H]1O[C@@H](O[C@@H]2[C@@H](CO)O[C@@](O)(C3CCNC3)[C@@](O)(CO)[C@H]2O)[C@H](O)[C@@H](O)[C@@H]1O. The molecule has 0 radical (unpaired) electrons. The van der Waals surface area contributed by atoms with Crippen molar-refractivity contribution in [2.24, 2.45) is 5.92 Å². The van der Waals surface area contributed by atoms with E-state index in [2.05, 4.69) is 5.32 Å². The van der Waals surface area contributed by atoms with E-state index in [1.54, 1.807) is 0 Å². The van der Waals surface area contributed by atoms with E-state index in [1.165, 1.54) is 6.92 Å². The van der Waals surface area contributed by atoms with Crippen molar-refractivity contribution < 1.29 is 55.1 Å². The summed E-state index contributed by atoms with van der Waals surface area (Å²) < 4.78 is 16.4. The lowest BCUT2D eigenvalue weighted by atomic mass is 9.74. The van der Waals surface area contributed by atoms with Gasteiger partial charge in [-0.25, -0.2) is 0 Å². The fourth-order valence-electron chi connectivity index (χ4n) is 4.32. The summed E-state index contributed by atoms with van der Waals surface area (Å²) in [6.07, 6.45) is -11.6. The largest absolute Gasteiger partial charge is 0.394 e. The number of rotatable bonds is 5. The van der Waals surface area contributed by atoms with E-state index >= 15 is 0 Å². The van der Waals surface area contributed by atoms with Crippen LogP contribution < -0.4 is 5.32 Å². The Morgan fingerprint density at radius 3 is 2.31 bits per heavy atom. The Kier molecular flexibility index (Phi) is 6.85. The molecule has 3 aliphatic rings. The summed E-state index contributed by atoms with van der Waals surface area (Å²) in [5, 5.41) is 85.4. The second-order valence-corrected chi connectivity index (χ2v) is 8.03. The second kappa shape index (κ2) is 8.57. The summed E-state index contributed by atoms with van der Waals surface area (Å²) in [6, 6.07) is 0. The third kappa shape index (κ3) is 3.71. The van der Waals surface area contributed by atoms with Gasteiger partial charge in [0.2, 0.25) is 5.79 Å². The highest BCUT2D eigenvalue weighted by Crippen LogP contribution is 2.44. The molecule has 3 heterocycles. The summed E-state index contributed by atoms with van der Waals surface area (Å²) in [4.78, 5) is 0. The molecule has 3 aliphatic heterocycles. The zero-order valence-electron chi connectivity index (χ0n) is 16.0. The van der Waals surface area contributed by atoms with E-state index in [-0.39, 0.29) is 6.54 Å². The third-order valence-corrected chi connectivity index (χ3v) is 6.25. The minimum Gasteiger partial charge on any atom is -0.394 e. The quantitative estimate of drug-likeness (QED) is 0.203. The molecule has 3 saturated heterocycles. The smallest absolute Gasteiger partial charge is 0.204 e. The van der Waals surface area contributed by atoms with Crippen LogP contribution in [-0.2, 0) is 14.2 Å². The van der Waals surface area contributed by atoms with Gasteiger partial charge in [-0.2, -0.15) is 0 Å². The molecule has 29 heavy (non-hydrogen) atoms.